The molecule has 2 aliphatic rings. The number of amides is 2. The van der Waals surface area contributed by atoms with Gasteiger partial charge in [-0.2, -0.15) is 0 Å². The summed E-state index contributed by atoms with van der Waals surface area (Å²) >= 11 is 0. The molecule has 2 aromatic rings. The number of furan rings is 1. The molecule has 1 saturated heterocycles. The van der Waals surface area contributed by atoms with Gasteiger partial charge in [0.05, 0.1) is 18.8 Å². The molecular weight excluding hydrogens is 332 g/mol. The van der Waals surface area contributed by atoms with Crippen LogP contribution in [-0.4, -0.2) is 38.1 Å². The number of nitrogens with one attached hydrogen (secondary N) is 2. The van der Waals surface area contributed by atoms with E-state index in [-0.39, 0.29) is 29.5 Å². The summed E-state index contributed by atoms with van der Waals surface area (Å²) in [6, 6.07) is 11.5. The van der Waals surface area contributed by atoms with E-state index in [2.05, 4.69) is 10.6 Å². The Morgan fingerprint density at radius 2 is 1.81 bits per heavy atom. The Kier molecular flexibility index (Phi) is 4.28. The van der Waals surface area contributed by atoms with Crippen LogP contribution in [0.1, 0.15) is 45.1 Å². The number of ether oxygens (including phenoxy) is 1. The fraction of sp³-hybridized carbons (Fsp3) is 0.400. The van der Waals surface area contributed by atoms with Gasteiger partial charge in [0, 0.05) is 36.9 Å². The molecule has 1 aromatic heterocycles. The van der Waals surface area contributed by atoms with Crippen LogP contribution in [0.3, 0.4) is 0 Å². The molecule has 1 aliphatic heterocycles. The highest BCUT2D eigenvalue weighted by atomic mass is 16.5. The number of carbonyl (C=O) groups is 2. The number of fused-ring (bicyclic) bond motifs is 1. The molecule has 4 rings (SSSR count). The molecule has 2 fully saturated rings. The molecule has 2 N–H and O–H groups in total. The largest absolute Gasteiger partial charge is 0.454 e. The van der Waals surface area contributed by atoms with Crippen LogP contribution < -0.4 is 10.6 Å². The lowest BCUT2D eigenvalue weighted by atomic mass is 9.96. The van der Waals surface area contributed by atoms with Gasteiger partial charge in [-0.3, -0.25) is 9.59 Å². The van der Waals surface area contributed by atoms with Gasteiger partial charge in [0.2, 0.25) is 0 Å². The third-order valence-electron chi connectivity index (χ3n) is 5.40. The smallest absolute Gasteiger partial charge is 0.286 e. The molecule has 26 heavy (non-hydrogen) atoms. The van der Waals surface area contributed by atoms with Crippen LogP contribution in [0.25, 0.3) is 0 Å². The maximum Gasteiger partial charge on any atom is 0.286 e. The molecule has 1 aromatic carbocycles. The Bertz CT molecular complexity index is 820. The van der Waals surface area contributed by atoms with Gasteiger partial charge in [0.15, 0.2) is 5.76 Å². The van der Waals surface area contributed by atoms with E-state index in [1.807, 2.05) is 37.3 Å². The van der Waals surface area contributed by atoms with Crippen molar-refractivity contribution in [3.8, 4) is 0 Å². The van der Waals surface area contributed by atoms with Gasteiger partial charge in [-0.05, 0) is 5.56 Å². The Labute approximate surface area is 151 Å². The molecule has 1 aliphatic carbocycles. The molecule has 6 heteroatoms. The van der Waals surface area contributed by atoms with Crippen LogP contribution in [0.4, 0.5) is 0 Å². The van der Waals surface area contributed by atoms with Crippen LogP contribution >= 0.6 is 0 Å². The van der Waals surface area contributed by atoms with E-state index in [0.717, 1.165) is 5.56 Å². The summed E-state index contributed by atoms with van der Waals surface area (Å²) in [5.41, 5.74) is 1.45. The Morgan fingerprint density at radius 1 is 1.12 bits per heavy atom. The predicted molar refractivity (Wildman–Crippen MR) is 95.1 cm³/mol. The number of hydrogen-bond donors (Lipinski definition) is 2. The molecule has 0 radical (unpaired) electrons. The van der Waals surface area contributed by atoms with Crippen molar-refractivity contribution >= 4 is 11.8 Å². The number of carbonyl (C=O) groups excluding carboxylic acids is 2. The topological polar surface area (TPSA) is 80.6 Å². The molecule has 6 nitrogen and oxygen atoms in total. The number of benzene rings is 1. The zero-order valence-electron chi connectivity index (χ0n) is 14.8. The van der Waals surface area contributed by atoms with Crippen molar-refractivity contribution in [1.29, 1.82) is 0 Å². The number of hydrogen-bond acceptors (Lipinski definition) is 4. The van der Waals surface area contributed by atoms with Crippen molar-refractivity contribution in [3.05, 3.63) is 59.0 Å². The summed E-state index contributed by atoms with van der Waals surface area (Å²) in [4.78, 5) is 24.9. The molecule has 136 valence electrons. The minimum atomic E-state index is -0.345. The second kappa shape index (κ2) is 6.61. The second-order valence-electron chi connectivity index (χ2n) is 6.96. The summed E-state index contributed by atoms with van der Waals surface area (Å²) in [5, 5.41) is 5.62. The lowest BCUT2D eigenvalue weighted by molar-refractivity contribution is 0.0919. The molecule has 0 bridgehead atoms. The summed E-state index contributed by atoms with van der Waals surface area (Å²) in [6.07, 6.45) is 0. The molecular formula is C20H22N2O4. The van der Waals surface area contributed by atoms with E-state index in [1.54, 1.807) is 0 Å². The minimum absolute atomic E-state index is 0.141. The molecule has 2 amide bonds. The lowest BCUT2D eigenvalue weighted by Gasteiger charge is -2.12. The standard InChI is InChI=1S/C20H22N2O4/c1-11(12-6-4-3-5-7-12)18-13(8-16(26-18)20(24)21-2)19(23)22-17-14-9-25-10-15(14)17/h3-8,11,14-15,17H,9-10H2,1-2H3,(H,21,24)(H,22,23). The van der Waals surface area contributed by atoms with E-state index < -0.39 is 0 Å². The SMILES string of the molecule is CNC(=O)c1cc(C(=O)NC2C3COCC32)c(C(C)c2ccccc2)o1. The van der Waals surface area contributed by atoms with E-state index in [4.69, 9.17) is 9.15 Å². The monoisotopic (exact) mass is 354 g/mol. The maximum atomic E-state index is 12.9. The highest BCUT2D eigenvalue weighted by Gasteiger charge is 2.55. The van der Waals surface area contributed by atoms with Gasteiger partial charge >= 0.3 is 0 Å². The van der Waals surface area contributed by atoms with E-state index >= 15 is 0 Å². The van der Waals surface area contributed by atoms with Crippen LogP contribution in [-0.2, 0) is 4.74 Å². The van der Waals surface area contributed by atoms with Crippen LogP contribution in [0.2, 0.25) is 0 Å². The van der Waals surface area contributed by atoms with Gasteiger partial charge in [0.25, 0.3) is 11.8 Å². The van der Waals surface area contributed by atoms with Gasteiger partial charge in [0.1, 0.15) is 5.76 Å². The molecule has 3 unspecified atom stereocenters. The van der Waals surface area contributed by atoms with Gasteiger partial charge in [-0.25, -0.2) is 0 Å². The highest BCUT2D eigenvalue weighted by molar-refractivity contribution is 5.99. The van der Waals surface area contributed by atoms with E-state index in [1.165, 1.54) is 13.1 Å². The average molecular weight is 354 g/mol. The lowest BCUT2D eigenvalue weighted by Crippen LogP contribution is -2.30. The van der Waals surface area contributed by atoms with Crippen LogP contribution in [0, 0.1) is 11.8 Å². The maximum absolute atomic E-state index is 12.9. The van der Waals surface area contributed by atoms with Crippen molar-refractivity contribution < 1.29 is 18.7 Å². The van der Waals surface area contributed by atoms with E-state index in [0.29, 0.717) is 36.4 Å². The summed E-state index contributed by atoms with van der Waals surface area (Å²) in [7, 11) is 1.54. The normalized spacial score (nSPS) is 24.6. The first-order valence-corrected chi connectivity index (χ1v) is 8.89. The zero-order chi connectivity index (χ0) is 18.3. The average Bonchev–Trinajstić information content (AvgIpc) is 3.07. The van der Waals surface area contributed by atoms with Crippen molar-refractivity contribution in [3.63, 3.8) is 0 Å². The summed E-state index contributed by atoms with van der Waals surface area (Å²) < 4.78 is 11.2. The fourth-order valence-corrected chi connectivity index (χ4v) is 3.72. The third kappa shape index (κ3) is 2.90. The third-order valence-corrected chi connectivity index (χ3v) is 5.40. The Morgan fingerprint density at radius 3 is 2.46 bits per heavy atom. The van der Waals surface area contributed by atoms with Crippen molar-refractivity contribution in [1.82, 2.24) is 10.6 Å². The molecule has 0 spiro atoms. The minimum Gasteiger partial charge on any atom is -0.454 e. The fourth-order valence-electron chi connectivity index (χ4n) is 3.72. The Balaban J connectivity index is 1.62. The summed E-state index contributed by atoms with van der Waals surface area (Å²) in [6.45, 7) is 3.38. The predicted octanol–water partition coefficient (Wildman–Crippen LogP) is 2.17. The van der Waals surface area contributed by atoms with Crippen LogP contribution in [0.15, 0.2) is 40.8 Å². The van der Waals surface area contributed by atoms with E-state index in [9.17, 15) is 9.59 Å². The highest BCUT2D eigenvalue weighted by Crippen LogP contribution is 2.44. The van der Waals surface area contributed by atoms with Crippen molar-refractivity contribution in [2.45, 2.75) is 18.9 Å². The number of rotatable bonds is 5. The van der Waals surface area contributed by atoms with Gasteiger partial charge in [-0.1, -0.05) is 37.3 Å². The first-order valence-electron chi connectivity index (χ1n) is 8.89. The second-order valence-corrected chi connectivity index (χ2v) is 6.96. The van der Waals surface area contributed by atoms with Crippen molar-refractivity contribution in [2.24, 2.45) is 11.8 Å². The van der Waals surface area contributed by atoms with Crippen molar-refractivity contribution in [2.75, 3.05) is 20.3 Å². The zero-order valence-corrected chi connectivity index (χ0v) is 14.8. The first kappa shape index (κ1) is 16.8. The van der Waals surface area contributed by atoms with Gasteiger partial charge in [-0.15, -0.1) is 0 Å². The quantitative estimate of drug-likeness (QED) is 0.862. The van der Waals surface area contributed by atoms with Crippen LogP contribution in [0.5, 0.6) is 0 Å². The molecule has 1 saturated carbocycles. The summed E-state index contributed by atoms with van der Waals surface area (Å²) in [5.74, 6) is 0.809. The van der Waals surface area contributed by atoms with Gasteiger partial charge < -0.3 is 19.8 Å². The first-order chi connectivity index (χ1) is 12.6. The molecule has 3 atom stereocenters. The Hall–Kier alpha value is -2.60. The molecule has 2 heterocycles.